The van der Waals surface area contributed by atoms with Crippen LogP contribution >= 0.6 is 34.2 Å². The molecular formula is C17H10ClIO5. The van der Waals surface area contributed by atoms with Gasteiger partial charge in [0.25, 0.3) is 0 Å². The second-order valence-corrected chi connectivity index (χ2v) is 6.57. The summed E-state index contributed by atoms with van der Waals surface area (Å²) in [5.74, 6) is -0.782. The molecule has 122 valence electrons. The summed E-state index contributed by atoms with van der Waals surface area (Å²) in [5.41, 5.74) is 0.641. The van der Waals surface area contributed by atoms with Gasteiger partial charge in [0.15, 0.2) is 11.5 Å². The van der Waals surface area contributed by atoms with Gasteiger partial charge in [-0.2, -0.15) is 0 Å². The number of ketones is 1. The first-order valence-electron chi connectivity index (χ1n) is 6.75. The summed E-state index contributed by atoms with van der Waals surface area (Å²) in [4.78, 5) is 24.7. The Kier molecular flexibility index (Phi) is 4.51. The molecule has 3 rings (SSSR count). The van der Waals surface area contributed by atoms with Crippen molar-refractivity contribution < 1.29 is 24.2 Å². The number of esters is 1. The summed E-state index contributed by atoms with van der Waals surface area (Å²) >= 11 is 7.84. The lowest BCUT2D eigenvalue weighted by Crippen LogP contribution is -2.25. The minimum absolute atomic E-state index is 0.00470. The minimum atomic E-state index is -0.739. The van der Waals surface area contributed by atoms with Gasteiger partial charge < -0.3 is 14.6 Å². The molecule has 5 nitrogen and oxygen atoms in total. The van der Waals surface area contributed by atoms with Gasteiger partial charge in [0.2, 0.25) is 5.78 Å². The van der Waals surface area contributed by atoms with Gasteiger partial charge in [-0.25, -0.2) is 4.79 Å². The van der Waals surface area contributed by atoms with Crippen LogP contribution in [0.2, 0.25) is 5.02 Å². The highest BCUT2D eigenvalue weighted by Gasteiger charge is 2.31. The number of carbonyl (C=O) groups is 2. The summed E-state index contributed by atoms with van der Waals surface area (Å²) in [7, 11) is 1.42. The maximum atomic E-state index is 12.6. The van der Waals surface area contributed by atoms with E-state index in [1.807, 2.05) is 22.6 Å². The van der Waals surface area contributed by atoms with E-state index in [4.69, 9.17) is 21.1 Å². The summed E-state index contributed by atoms with van der Waals surface area (Å²) in [6.45, 7) is 0. The van der Waals surface area contributed by atoms with Crippen molar-refractivity contribution in [1.29, 1.82) is 0 Å². The van der Waals surface area contributed by atoms with Crippen molar-refractivity contribution in [3.63, 3.8) is 0 Å². The molecule has 7 heteroatoms. The molecular weight excluding hydrogens is 447 g/mol. The fourth-order valence-electron chi connectivity index (χ4n) is 2.29. The predicted molar refractivity (Wildman–Crippen MR) is 96.8 cm³/mol. The van der Waals surface area contributed by atoms with Crippen LogP contribution in [0.15, 0.2) is 35.9 Å². The zero-order chi connectivity index (χ0) is 17.4. The molecule has 0 bridgehead atoms. The number of hydrogen-bond donors (Lipinski definition) is 1. The quantitative estimate of drug-likeness (QED) is 0.244. The van der Waals surface area contributed by atoms with Crippen LogP contribution in [0.3, 0.4) is 0 Å². The molecule has 0 amide bonds. The molecule has 0 spiro atoms. The zero-order valence-electron chi connectivity index (χ0n) is 12.3. The van der Waals surface area contributed by atoms with Crippen molar-refractivity contribution >= 4 is 52.0 Å². The number of carbonyl (C=O) groups excluding carboxylic acids is 2. The van der Waals surface area contributed by atoms with Crippen LogP contribution < -0.4 is 9.47 Å². The highest BCUT2D eigenvalue weighted by molar-refractivity contribution is 14.1. The smallest absolute Gasteiger partial charge is 0.347 e. The van der Waals surface area contributed by atoms with Crippen molar-refractivity contribution in [2.75, 3.05) is 7.11 Å². The SMILES string of the molecule is COc1cc(/C=C2\C(=O)Oc3ccc(Cl)cc3C2=O)cc(I)c1O. The number of hydrogen-bond acceptors (Lipinski definition) is 5. The number of Topliss-reactive ketones (excluding diaryl/α,β-unsaturated/α-hetero) is 1. The van der Waals surface area contributed by atoms with E-state index in [0.717, 1.165) is 0 Å². The van der Waals surface area contributed by atoms with Crippen LogP contribution in [-0.2, 0) is 4.79 Å². The molecule has 0 aliphatic carbocycles. The van der Waals surface area contributed by atoms with Crippen LogP contribution in [-0.4, -0.2) is 24.0 Å². The monoisotopic (exact) mass is 456 g/mol. The van der Waals surface area contributed by atoms with Gasteiger partial charge in [-0.3, -0.25) is 4.79 Å². The summed E-state index contributed by atoms with van der Waals surface area (Å²) in [6.07, 6.45) is 1.40. The van der Waals surface area contributed by atoms with Gasteiger partial charge in [0.1, 0.15) is 11.3 Å². The number of ether oxygens (including phenoxy) is 2. The van der Waals surface area contributed by atoms with E-state index >= 15 is 0 Å². The number of phenolic OH excluding ortho intramolecular Hbond substituents is 1. The Morgan fingerprint density at radius 1 is 1.25 bits per heavy atom. The zero-order valence-corrected chi connectivity index (χ0v) is 15.2. The Balaban J connectivity index is 2.09. The fraction of sp³-hybridized carbons (Fsp3) is 0.0588. The second-order valence-electron chi connectivity index (χ2n) is 4.97. The molecule has 1 heterocycles. The average molecular weight is 457 g/mol. The number of benzene rings is 2. The second kappa shape index (κ2) is 6.45. The molecule has 2 aromatic rings. The summed E-state index contributed by atoms with van der Waals surface area (Å²) < 4.78 is 10.8. The van der Waals surface area contributed by atoms with Crippen LogP contribution in [0, 0.1) is 3.57 Å². The largest absolute Gasteiger partial charge is 0.504 e. The van der Waals surface area contributed by atoms with Gasteiger partial charge in [0, 0.05) is 5.02 Å². The highest BCUT2D eigenvalue weighted by atomic mass is 127. The molecule has 0 radical (unpaired) electrons. The van der Waals surface area contributed by atoms with Crippen molar-refractivity contribution in [3.05, 3.63) is 55.6 Å². The average Bonchev–Trinajstić information content (AvgIpc) is 2.55. The molecule has 0 saturated heterocycles. The molecule has 1 aliphatic rings. The number of aromatic hydroxyl groups is 1. The fourth-order valence-corrected chi connectivity index (χ4v) is 3.08. The first-order valence-corrected chi connectivity index (χ1v) is 8.21. The van der Waals surface area contributed by atoms with Crippen molar-refractivity contribution in [2.45, 2.75) is 0 Å². The van der Waals surface area contributed by atoms with Crippen molar-refractivity contribution in [2.24, 2.45) is 0 Å². The topological polar surface area (TPSA) is 72.8 Å². The van der Waals surface area contributed by atoms with Gasteiger partial charge in [0.05, 0.1) is 16.2 Å². The number of rotatable bonds is 2. The third-order valence-electron chi connectivity index (χ3n) is 3.44. The van der Waals surface area contributed by atoms with Crippen LogP contribution in [0.25, 0.3) is 6.08 Å². The van der Waals surface area contributed by atoms with E-state index < -0.39 is 11.8 Å². The Hall–Kier alpha value is -2.06. The van der Waals surface area contributed by atoms with E-state index in [1.54, 1.807) is 12.1 Å². The van der Waals surface area contributed by atoms with Gasteiger partial charge >= 0.3 is 5.97 Å². The number of halogens is 2. The molecule has 1 aliphatic heterocycles. The van der Waals surface area contributed by atoms with Crippen LogP contribution in [0.5, 0.6) is 17.2 Å². The van der Waals surface area contributed by atoms with Crippen molar-refractivity contribution in [3.8, 4) is 17.2 Å². The molecule has 0 aromatic heterocycles. The Labute approximate surface area is 156 Å². The summed E-state index contributed by atoms with van der Waals surface area (Å²) in [6, 6.07) is 7.64. The number of fused-ring (bicyclic) bond motifs is 1. The summed E-state index contributed by atoms with van der Waals surface area (Å²) in [5, 5.41) is 10.2. The lowest BCUT2D eigenvalue weighted by Gasteiger charge is -2.17. The van der Waals surface area contributed by atoms with E-state index in [-0.39, 0.29) is 28.4 Å². The maximum absolute atomic E-state index is 12.6. The van der Waals surface area contributed by atoms with E-state index in [0.29, 0.717) is 14.2 Å². The van der Waals surface area contributed by atoms with Gasteiger partial charge in [-0.1, -0.05) is 11.6 Å². The third-order valence-corrected chi connectivity index (χ3v) is 4.49. The lowest BCUT2D eigenvalue weighted by molar-refractivity contribution is -0.130. The highest BCUT2D eigenvalue weighted by Crippen LogP contribution is 2.35. The maximum Gasteiger partial charge on any atom is 0.347 e. The first kappa shape index (κ1) is 16.8. The molecule has 0 saturated carbocycles. The van der Waals surface area contributed by atoms with Crippen LogP contribution in [0.1, 0.15) is 15.9 Å². The lowest BCUT2D eigenvalue weighted by atomic mass is 9.98. The molecule has 0 atom stereocenters. The van der Waals surface area contributed by atoms with E-state index in [1.165, 1.54) is 31.4 Å². The Morgan fingerprint density at radius 2 is 2.00 bits per heavy atom. The molecule has 0 fully saturated rings. The Morgan fingerprint density at radius 3 is 2.71 bits per heavy atom. The van der Waals surface area contributed by atoms with Gasteiger partial charge in [-0.05, 0) is 64.6 Å². The normalized spacial score (nSPS) is 15.2. The molecule has 0 unspecified atom stereocenters. The van der Waals surface area contributed by atoms with Crippen LogP contribution in [0.4, 0.5) is 0 Å². The standard InChI is InChI=1S/C17H10ClIO5/c1-23-14-6-8(5-12(19)16(14)21)4-11-15(20)10-7-9(18)2-3-13(10)24-17(11)22/h2-7,21H,1H3/b11-4-. The molecule has 2 aromatic carbocycles. The first-order chi connectivity index (χ1) is 11.4. The number of methoxy groups -OCH3 is 1. The minimum Gasteiger partial charge on any atom is -0.504 e. The van der Waals surface area contributed by atoms with E-state index in [2.05, 4.69) is 0 Å². The third kappa shape index (κ3) is 2.99. The van der Waals surface area contributed by atoms with Crippen molar-refractivity contribution in [1.82, 2.24) is 0 Å². The molecule has 24 heavy (non-hydrogen) atoms. The molecule has 1 N–H and O–H groups in total. The van der Waals surface area contributed by atoms with E-state index in [9.17, 15) is 14.7 Å². The Bertz CT molecular complexity index is 904. The number of phenols is 1. The predicted octanol–water partition coefficient (Wildman–Crippen LogP) is 3.84. The van der Waals surface area contributed by atoms with Gasteiger partial charge in [-0.15, -0.1) is 0 Å².